The molecule has 6 nitrogen and oxygen atoms in total. The van der Waals surface area contributed by atoms with Crippen LogP contribution in [0.1, 0.15) is 41.3 Å². The summed E-state index contributed by atoms with van der Waals surface area (Å²) >= 11 is 0. The molecule has 0 unspecified atom stereocenters. The molecule has 2 aromatic carbocycles. The summed E-state index contributed by atoms with van der Waals surface area (Å²) in [4.78, 5) is 14.3. The molecule has 28 heavy (non-hydrogen) atoms. The van der Waals surface area contributed by atoms with Crippen LogP contribution in [0.25, 0.3) is 0 Å². The van der Waals surface area contributed by atoms with Crippen molar-refractivity contribution in [1.29, 1.82) is 0 Å². The molecule has 0 saturated heterocycles. The highest BCUT2D eigenvalue weighted by Crippen LogP contribution is 2.22. The summed E-state index contributed by atoms with van der Waals surface area (Å²) in [5.74, 6) is -0.214. The van der Waals surface area contributed by atoms with Gasteiger partial charge in [0.1, 0.15) is 0 Å². The number of carbonyl (C=O) groups is 1. The van der Waals surface area contributed by atoms with Gasteiger partial charge in [-0.15, -0.1) is 0 Å². The van der Waals surface area contributed by atoms with Crippen LogP contribution in [0.2, 0.25) is 0 Å². The van der Waals surface area contributed by atoms with E-state index in [0.29, 0.717) is 17.8 Å². The molecule has 0 aliphatic rings. The van der Waals surface area contributed by atoms with Crippen LogP contribution in [0.3, 0.4) is 0 Å². The molecule has 0 aromatic heterocycles. The van der Waals surface area contributed by atoms with Crippen LogP contribution < -0.4 is 4.72 Å². The number of aryl methyl sites for hydroxylation is 1. The quantitative estimate of drug-likeness (QED) is 0.671. The highest BCUT2D eigenvalue weighted by Gasteiger charge is 2.19. The van der Waals surface area contributed by atoms with Crippen LogP contribution in [0.5, 0.6) is 0 Å². The van der Waals surface area contributed by atoms with Crippen LogP contribution in [0, 0.1) is 13.8 Å². The van der Waals surface area contributed by atoms with Gasteiger partial charge in [0.25, 0.3) is 15.9 Å². The molecule has 0 atom stereocenters. The number of anilines is 1. The van der Waals surface area contributed by atoms with E-state index in [0.717, 1.165) is 24.0 Å². The third kappa shape index (κ3) is 5.33. The van der Waals surface area contributed by atoms with E-state index in [9.17, 15) is 18.3 Å². The predicted octanol–water partition coefficient (Wildman–Crippen LogP) is 3.34. The lowest BCUT2D eigenvalue weighted by Gasteiger charge is -2.21. The summed E-state index contributed by atoms with van der Waals surface area (Å²) in [6.45, 7) is 6.52. The summed E-state index contributed by atoms with van der Waals surface area (Å²) in [5.41, 5.74) is 2.80. The molecule has 0 bridgehead atoms. The van der Waals surface area contributed by atoms with E-state index >= 15 is 0 Å². The SMILES string of the molecule is CCCCN(CCO)C(=O)c1ccc(S(=O)(=O)Nc2cccc(C)c2C)cc1. The van der Waals surface area contributed by atoms with Gasteiger partial charge in [-0.2, -0.15) is 0 Å². The van der Waals surface area contributed by atoms with Gasteiger partial charge >= 0.3 is 0 Å². The number of aliphatic hydroxyl groups is 1. The van der Waals surface area contributed by atoms with Crippen LogP contribution >= 0.6 is 0 Å². The molecule has 7 heteroatoms. The average molecular weight is 405 g/mol. The molecule has 1 amide bonds. The summed E-state index contributed by atoms with van der Waals surface area (Å²) in [6.07, 6.45) is 1.79. The predicted molar refractivity (Wildman–Crippen MR) is 111 cm³/mol. The van der Waals surface area contributed by atoms with Crippen molar-refractivity contribution in [3.05, 3.63) is 59.2 Å². The molecule has 2 N–H and O–H groups in total. The number of unbranched alkanes of at least 4 members (excludes halogenated alkanes) is 1. The topological polar surface area (TPSA) is 86.7 Å². The number of hydrogen-bond donors (Lipinski definition) is 2. The van der Waals surface area contributed by atoms with E-state index in [1.165, 1.54) is 24.3 Å². The molecule has 0 heterocycles. The fourth-order valence-corrected chi connectivity index (χ4v) is 3.93. The molecule has 0 fully saturated rings. The smallest absolute Gasteiger partial charge is 0.261 e. The van der Waals surface area contributed by atoms with Crippen molar-refractivity contribution in [3.8, 4) is 0 Å². The first-order valence-corrected chi connectivity index (χ1v) is 10.9. The summed E-state index contributed by atoms with van der Waals surface area (Å²) in [7, 11) is -3.75. The van der Waals surface area contributed by atoms with Crippen LogP contribution in [0.4, 0.5) is 5.69 Å². The van der Waals surface area contributed by atoms with Crippen LogP contribution in [-0.2, 0) is 10.0 Å². The Bertz CT molecular complexity index is 909. The largest absolute Gasteiger partial charge is 0.395 e. The number of amides is 1. The van der Waals surface area contributed by atoms with Gasteiger partial charge in [0.15, 0.2) is 0 Å². The van der Waals surface area contributed by atoms with Crippen molar-refractivity contribution >= 4 is 21.6 Å². The van der Waals surface area contributed by atoms with Crippen molar-refractivity contribution in [1.82, 2.24) is 4.90 Å². The zero-order valence-corrected chi connectivity index (χ0v) is 17.4. The number of benzene rings is 2. The van der Waals surface area contributed by atoms with E-state index in [1.54, 1.807) is 17.0 Å². The highest BCUT2D eigenvalue weighted by atomic mass is 32.2. The van der Waals surface area contributed by atoms with Gasteiger partial charge in [-0.05, 0) is 61.7 Å². The Morgan fingerprint density at radius 3 is 2.36 bits per heavy atom. The van der Waals surface area contributed by atoms with Gasteiger partial charge < -0.3 is 10.0 Å². The molecular formula is C21H28N2O4S. The lowest BCUT2D eigenvalue weighted by atomic mass is 10.1. The Balaban J connectivity index is 2.20. The van der Waals surface area contributed by atoms with Crippen LogP contribution in [-0.4, -0.2) is 44.0 Å². The minimum atomic E-state index is -3.75. The Morgan fingerprint density at radius 2 is 1.75 bits per heavy atom. The molecule has 2 rings (SSSR count). The Morgan fingerprint density at radius 1 is 1.07 bits per heavy atom. The van der Waals surface area contributed by atoms with E-state index in [4.69, 9.17) is 0 Å². The molecule has 0 aliphatic carbocycles. The van der Waals surface area contributed by atoms with Gasteiger partial charge in [0, 0.05) is 18.7 Å². The molecule has 0 saturated carbocycles. The minimum absolute atomic E-state index is 0.0900. The third-order valence-corrected chi connectivity index (χ3v) is 6.08. The van der Waals surface area contributed by atoms with E-state index in [1.807, 2.05) is 26.8 Å². The molecule has 0 radical (unpaired) electrons. The van der Waals surface area contributed by atoms with Gasteiger partial charge in [-0.1, -0.05) is 25.5 Å². The van der Waals surface area contributed by atoms with Crippen LogP contribution in [0.15, 0.2) is 47.4 Å². The number of nitrogens with one attached hydrogen (secondary N) is 1. The zero-order valence-electron chi connectivity index (χ0n) is 16.6. The maximum absolute atomic E-state index is 12.7. The second kappa shape index (κ2) is 9.71. The fourth-order valence-electron chi connectivity index (χ4n) is 2.81. The Kier molecular flexibility index (Phi) is 7.60. The molecule has 0 aliphatic heterocycles. The number of sulfonamides is 1. The van der Waals surface area contributed by atoms with Gasteiger partial charge in [0.05, 0.1) is 17.2 Å². The first-order valence-electron chi connectivity index (χ1n) is 9.39. The minimum Gasteiger partial charge on any atom is -0.395 e. The van der Waals surface area contributed by atoms with E-state index in [-0.39, 0.29) is 24.0 Å². The number of rotatable bonds is 9. The number of aliphatic hydroxyl groups excluding tert-OH is 1. The first kappa shape index (κ1) is 21.9. The normalized spacial score (nSPS) is 11.3. The molecule has 0 spiro atoms. The fraction of sp³-hybridized carbons (Fsp3) is 0.381. The van der Waals surface area contributed by atoms with Crippen molar-refractivity contribution in [2.75, 3.05) is 24.4 Å². The number of carbonyl (C=O) groups excluding carboxylic acids is 1. The maximum atomic E-state index is 12.7. The lowest BCUT2D eigenvalue weighted by molar-refractivity contribution is 0.0719. The maximum Gasteiger partial charge on any atom is 0.261 e. The summed E-state index contributed by atoms with van der Waals surface area (Å²) in [5, 5.41) is 9.18. The monoisotopic (exact) mass is 404 g/mol. The Labute approximate surface area is 167 Å². The van der Waals surface area contributed by atoms with Gasteiger partial charge in [-0.25, -0.2) is 8.42 Å². The Hall–Kier alpha value is -2.38. The van der Waals surface area contributed by atoms with Crippen molar-refractivity contribution in [3.63, 3.8) is 0 Å². The first-order chi connectivity index (χ1) is 13.3. The second-order valence-corrected chi connectivity index (χ2v) is 8.43. The lowest BCUT2D eigenvalue weighted by Crippen LogP contribution is -2.34. The van der Waals surface area contributed by atoms with E-state index in [2.05, 4.69) is 4.72 Å². The average Bonchev–Trinajstić information content (AvgIpc) is 2.68. The zero-order chi connectivity index (χ0) is 20.7. The molecular weight excluding hydrogens is 376 g/mol. The third-order valence-electron chi connectivity index (χ3n) is 4.70. The van der Waals surface area contributed by atoms with E-state index < -0.39 is 10.0 Å². The van der Waals surface area contributed by atoms with Gasteiger partial charge in [0.2, 0.25) is 0 Å². The second-order valence-electron chi connectivity index (χ2n) is 6.75. The number of hydrogen-bond acceptors (Lipinski definition) is 4. The highest BCUT2D eigenvalue weighted by molar-refractivity contribution is 7.92. The van der Waals surface area contributed by atoms with Crippen molar-refractivity contribution in [2.24, 2.45) is 0 Å². The van der Waals surface area contributed by atoms with Gasteiger partial charge in [-0.3, -0.25) is 9.52 Å². The molecule has 2 aromatic rings. The van der Waals surface area contributed by atoms with Crippen molar-refractivity contribution < 1.29 is 18.3 Å². The summed E-state index contributed by atoms with van der Waals surface area (Å²) in [6, 6.07) is 11.3. The number of nitrogens with zero attached hydrogens (tertiary/aromatic N) is 1. The standard InChI is InChI=1S/C21H28N2O4S/c1-4-5-13-23(14-15-24)21(25)18-9-11-19(12-10-18)28(26,27)22-20-8-6-7-16(2)17(20)3/h6-12,22,24H,4-5,13-15H2,1-3H3. The van der Waals surface area contributed by atoms with Crippen molar-refractivity contribution in [2.45, 2.75) is 38.5 Å². The molecule has 152 valence electrons. The summed E-state index contributed by atoms with van der Waals surface area (Å²) < 4.78 is 28.0.